The normalized spacial score (nSPS) is 17.3. The van der Waals surface area contributed by atoms with E-state index in [2.05, 4.69) is 25.7 Å². The maximum atomic E-state index is 13.7. The Morgan fingerprint density at radius 2 is 1.77 bits per heavy atom. The van der Waals surface area contributed by atoms with Crippen LogP contribution >= 0.6 is 12.2 Å². The third-order valence-electron chi connectivity index (χ3n) is 6.73. The fourth-order valence-electron chi connectivity index (χ4n) is 5.14. The summed E-state index contributed by atoms with van der Waals surface area (Å²) in [5, 5.41) is 3.94. The summed E-state index contributed by atoms with van der Waals surface area (Å²) >= 11 is 5.85. The predicted molar refractivity (Wildman–Crippen MR) is 155 cm³/mol. The number of benzene rings is 2. The van der Waals surface area contributed by atoms with Crippen LogP contribution in [0.15, 0.2) is 72.9 Å². The van der Waals surface area contributed by atoms with Crippen LogP contribution in [0.25, 0.3) is 5.69 Å². The topological polar surface area (TPSA) is 88.5 Å². The first-order valence-corrected chi connectivity index (χ1v) is 14.5. The van der Waals surface area contributed by atoms with Gasteiger partial charge in [0.25, 0.3) is 0 Å². The van der Waals surface area contributed by atoms with Crippen LogP contribution in [0.4, 0.5) is 15.8 Å². The molecule has 0 aliphatic carbocycles. The highest BCUT2D eigenvalue weighted by Crippen LogP contribution is 2.45. The van der Waals surface area contributed by atoms with Crippen LogP contribution in [-0.4, -0.2) is 36.4 Å². The Labute approximate surface area is 232 Å². The summed E-state index contributed by atoms with van der Waals surface area (Å²) in [5.41, 5.74) is 5.69. The summed E-state index contributed by atoms with van der Waals surface area (Å²) in [6, 6.07) is 18.9. The van der Waals surface area contributed by atoms with Gasteiger partial charge in [-0.3, -0.25) is 9.71 Å². The molecule has 1 saturated heterocycles. The van der Waals surface area contributed by atoms with Gasteiger partial charge < -0.3 is 19.5 Å². The fourth-order valence-corrected chi connectivity index (χ4v) is 6.05. The van der Waals surface area contributed by atoms with Crippen molar-refractivity contribution in [1.82, 2.24) is 14.9 Å². The van der Waals surface area contributed by atoms with Crippen molar-refractivity contribution in [1.29, 1.82) is 0 Å². The van der Waals surface area contributed by atoms with Crippen LogP contribution in [0.2, 0.25) is 0 Å². The van der Waals surface area contributed by atoms with Crippen molar-refractivity contribution in [3.63, 3.8) is 0 Å². The van der Waals surface area contributed by atoms with E-state index >= 15 is 0 Å². The van der Waals surface area contributed by atoms with E-state index in [9.17, 15) is 12.8 Å². The molecule has 3 heterocycles. The lowest BCUT2D eigenvalue weighted by molar-refractivity contribution is 0.417. The Morgan fingerprint density at radius 3 is 2.41 bits per heavy atom. The van der Waals surface area contributed by atoms with Gasteiger partial charge in [-0.1, -0.05) is 6.07 Å². The van der Waals surface area contributed by atoms with Crippen molar-refractivity contribution in [3.05, 3.63) is 101 Å². The van der Waals surface area contributed by atoms with E-state index in [0.717, 1.165) is 40.3 Å². The SMILES string of the molecule is COc1cc(N2C(=S)N[C@@H](c3ccccn3)[C@H]2c2cc(C)n(-c3ccc(F)cc3)c2C)ccc1NS(C)(=O)=O. The van der Waals surface area contributed by atoms with Gasteiger partial charge in [0.2, 0.25) is 10.0 Å². The largest absolute Gasteiger partial charge is 0.494 e. The summed E-state index contributed by atoms with van der Waals surface area (Å²) in [6.07, 6.45) is 2.83. The highest BCUT2D eigenvalue weighted by Gasteiger charge is 2.42. The smallest absolute Gasteiger partial charge is 0.229 e. The number of rotatable bonds is 7. The monoisotopic (exact) mass is 565 g/mol. The standard InChI is InChI=1S/C28H28FN5O3S2/c1-17-15-22(18(2)33(17)20-10-8-19(29)9-11-20)27-26(24-7-5-6-14-30-24)31-28(38)34(27)21-12-13-23(25(16-21)37-3)32-39(4,35)36/h5-16,26-27,32H,1-4H3,(H,31,38)/t26-,27+/m0/s1. The molecule has 1 fully saturated rings. The third kappa shape index (κ3) is 5.19. The Hall–Kier alpha value is -3.96. The van der Waals surface area contributed by atoms with Crippen LogP contribution in [0.5, 0.6) is 5.75 Å². The second-order valence-electron chi connectivity index (χ2n) is 9.39. The molecule has 2 aromatic heterocycles. The predicted octanol–water partition coefficient (Wildman–Crippen LogP) is 5.19. The molecule has 2 aromatic carbocycles. The number of ether oxygens (including phenoxy) is 1. The fraction of sp³-hybridized carbons (Fsp3) is 0.214. The van der Waals surface area contributed by atoms with E-state index in [0.29, 0.717) is 16.5 Å². The minimum absolute atomic E-state index is 0.277. The molecule has 0 radical (unpaired) electrons. The number of pyridine rings is 1. The number of hydrogen-bond donors (Lipinski definition) is 2. The zero-order valence-electron chi connectivity index (χ0n) is 21.8. The molecule has 4 aromatic rings. The molecular weight excluding hydrogens is 537 g/mol. The molecule has 5 rings (SSSR count). The van der Waals surface area contributed by atoms with Crippen LogP contribution in [0, 0.1) is 19.7 Å². The molecule has 0 amide bonds. The van der Waals surface area contributed by atoms with E-state index in [4.69, 9.17) is 17.0 Å². The summed E-state index contributed by atoms with van der Waals surface area (Å²) in [5.74, 6) is 0.0634. The number of nitrogens with zero attached hydrogens (tertiary/aromatic N) is 3. The lowest BCUT2D eigenvalue weighted by Crippen LogP contribution is -2.29. The van der Waals surface area contributed by atoms with E-state index < -0.39 is 10.0 Å². The highest BCUT2D eigenvalue weighted by molar-refractivity contribution is 7.92. The van der Waals surface area contributed by atoms with Crippen molar-refractivity contribution in [2.75, 3.05) is 23.0 Å². The Bertz CT molecular complexity index is 1640. The first kappa shape index (κ1) is 26.6. The number of nitrogens with one attached hydrogen (secondary N) is 2. The van der Waals surface area contributed by atoms with Gasteiger partial charge in [0.1, 0.15) is 11.6 Å². The average Bonchev–Trinajstić information content (AvgIpc) is 3.39. The second-order valence-corrected chi connectivity index (χ2v) is 11.5. The van der Waals surface area contributed by atoms with Crippen molar-refractivity contribution >= 4 is 38.7 Å². The molecule has 8 nitrogen and oxygen atoms in total. The number of anilines is 2. The lowest BCUT2D eigenvalue weighted by Gasteiger charge is -2.29. The minimum atomic E-state index is -3.50. The van der Waals surface area contributed by atoms with Gasteiger partial charge >= 0.3 is 0 Å². The lowest BCUT2D eigenvalue weighted by atomic mass is 9.96. The Morgan fingerprint density at radius 1 is 1.05 bits per heavy atom. The van der Waals surface area contributed by atoms with E-state index in [1.54, 1.807) is 36.5 Å². The quantitative estimate of drug-likeness (QED) is 0.298. The number of thiocarbonyl (C=S) groups is 1. The number of methoxy groups -OCH3 is 1. The summed E-state index contributed by atoms with van der Waals surface area (Å²) in [6.45, 7) is 4.04. The van der Waals surface area contributed by atoms with Crippen LogP contribution in [0.1, 0.15) is 34.7 Å². The maximum Gasteiger partial charge on any atom is 0.229 e. The number of aromatic nitrogens is 2. The molecule has 2 atom stereocenters. The van der Waals surface area contributed by atoms with Gasteiger partial charge in [-0.05, 0) is 86.2 Å². The molecule has 0 spiro atoms. The van der Waals surface area contributed by atoms with Gasteiger partial charge in [0.05, 0.1) is 36.8 Å². The van der Waals surface area contributed by atoms with Gasteiger partial charge in [-0.15, -0.1) is 0 Å². The molecule has 0 unspecified atom stereocenters. The summed E-state index contributed by atoms with van der Waals surface area (Å²) in [4.78, 5) is 6.61. The van der Waals surface area contributed by atoms with Crippen molar-refractivity contribution < 1.29 is 17.5 Å². The van der Waals surface area contributed by atoms with Crippen LogP contribution < -0.4 is 19.7 Å². The number of sulfonamides is 1. The number of aryl methyl sites for hydroxylation is 1. The number of hydrogen-bond acceptors (Lipinski definition) is 5. The molecule has 1 aliphatic heterocycles. The van der Waals surface area contributed by atoms with E-state index in [1.807, 2.05) is 36.9 Å². The Kier molecular flexibility index (Phi) is 7.04. The summed E-state index contributed by atoms with van der Waals surface area (Å²) < 4.78 is 47.5. The van der Waals surface area contributed by atoms with Crippen molar-refractivity contribution in [3.8, 4) is 11.4 Å². The van der Waals surface area contributed by atoms with E-state index in [1.165, 1.54) is 19.2 Å². The van der Waals surface area contributed by atoms with E-state index in [-0.39, 0.29) is 17.9 Å². The van der Waals surface area contributed by atoms with Crippen molar-refractivity contribution in [2.45, 2.75) is 25.9 Å². The zero-order chi connectivity index (χ0) is 27.9. The van der Waals surface area contributed by atoms with Gasteiger partial charge in [0.15, 0.2) is 5.11 Å². The van der Waals surface area contributed by atoms with Gasteiger partial charge in [0, 0.05) is 35.0 Å². The van der Waals surface area contributed by atoms with Gasteiger partial charge in [-0.25, -0.2) is 12.8 Å². The molecule has 39 heavy (non-hydrogen) atoms. The first-order valence-electron chi connectivity index (χ1n) is 12.2. The second kappa shape index (κ2) is 10.3. The molecule has 0 bridgehead atoms. The van der Waals surface area contributed by atoms with Crippen molar-refractivity contribution in [2.24, 2.45) is 0 Å². The number of halogens is 1. The van der Waals surface area contributed by atoms with Crippen LogP contribution in [0.3, 0.4) is 0 Å². The van der Waals surface area contributed by atoms with Gasteiger partial charge in [-0.2, -0.15) is 0 Å². The Balaban J connectivity index is 1.66. The third-order valence-corrected chi connectivity index (χ3v) is 7.64. The highest BCUT2D eigenvalue weighted by atomic mass is 32.2. The molecule has 1 aliphatic rings. The maximum absolute atomic E-state index is 13.7. The molecular formula is C28H28FN5O3S2. The molecule has 202 valence electrons. The molecule has 11 heteroatoms. The molecule has 0 saturated carbocycles. The average molecular weight is 566 g/mol. The van der Waals surface area contributed by atoms with Crippen LogP contribution in [-0.2, 0) is 10.0 Å². The minimum Gasteiger partial charge on any atom is -0.494 e. The summed E-state index contributed by atoms with van der Waals surface area (Å²) in [7, 11) is -2.02. The molecule has 2 N–H and O–H groups in total. The first-order chi connectivity index (χ1) is 18.6. The zero-order valence-corrected chi connectivity index (χ0v) is 23.5.